The molecule has 21 nitrogen and oxygen atoms in total. The maximum absolute atomic E-state index is 15.9. The van der Waals surface area contributed by atoms with Gasteiger partial charge in [0.15, 0.2) is 12.1 Å². The second kappa shape index (κ2) is 32.4. The van der Waals surface area contributed by atoms with E-state index in [0.717, 1.165) is 47.8 Å². The van der Waals surface area contributed by atoms with E-state index in [-0.39, 0.29) is 38.1 Å². The van der Waals surface area contributed by atoms with E-state index in [9.17, 15) is 19.5 Å². The van der Waals surface area contributed by atoms with E-state index < -0.39 is 137 Å². The third-order valence-electron chi connectivity index (χ3n) is 19.1. The average Bonchev–Trinajstić information content (AvgIpc) is 1.17. The number of benzene rings is 2. The van der Waals surface area contributed by atoms with Gasteiger partial charge in [0, 0.05) is 72.8 Å². The normalized spacial score (nSPS) is 25.7. The number of ether oxygens (including phenoxy) is 1. The third-order valence-corrected chi connectivity index (χ3v) is 19.1. The minimum atomic E-state index is -1.99. The Labute approximate surface area is 546 Å². The zero-order valence-corrected chi connectivity index (χ0v) is 57.7. The number of anilines is 1. The standard InChI is InChI=1S/C71H106N10O11/c1-18-46(10)57-68(88)77(15)58(43(5)6)63(83)73-52(37-42(3)4)66(86)79(17)61(71(12,13)91)70(90)92-60(47(11)19-2)69(89)78(16)59(44(7)8)64(84)74-53(39-48-25-21-20-22-26-48)65(85)76(14)55(67(87)81-34-24-29-54(81)62(82)75-57)40-49-27-23-28-50(38-49)51-30-33-72-56(41-51)80-35-31-45(9)32-36-80/h20-23,25-28,30,33,38,41-47,52-55,57-61,91H,18-19,24,29,31-32,34-37,39-40H2,1-17H3,(H,73,83)(H,74,84)(H,75,82)/t46-,47-,52-,53-,54-,55-,57-,58-,59-,60+,61+/m0/s1. The largest absolute Gasteiger partial charge is 0.450 e. The van der Waals surface area contributed by atoms with Crippen LogP contribution in [0.4, 0.5) is 5.82 Å². The maximum Gasteiger partial charge on any atom is 0.332 e. The average molecular weight is 1280 g/mol. The monoisotopic (exact) mass is 1270 g/mol. The number of carbonyl (C=O) groups excluding carboxylic acids is 9. The number of hydrogen-bond donors (Lipinski definition) is 4. The molecule has 0 unspecified atom stereocenters. The van der Waals surface area contributed by atoms with Crippen LogP contribution < -0.4 is 20.9 Å². The molecule has 1 aromatic heterocycles. The summed E-state index contributed by atoms with van der Waals surface area (Å²) in [5.41, 5.74) is 1.17. The molecule has 3 fully saturated rings. The third kappa shape index (κ3) is 18.0. The molecule has 0 radical (unpaired) electrons. The Morgan fingerprint density at radius 3 is 1.74 bits per heavy atom. The van der Waals surface area contributed by atoms with E-state index >= 15 is 28.8 Å². The molecule has 92 heavy (non-hydrogen) atoms. The summed E-state index contributed by atoms with van der Waals surface area (Å²) in [6.07, 6.45) is 3.84. The molecule has 3 saturated heterocycles. The van der Waals surface area contributed by atoms with Crippen molar-refractivity contribution >= 4 is 59.0 Å². The Morgan fingerprint density at radius 2 is 1.16 bits per heavy atom. The molecule has 506 valence electrons. The number of rotatable bonds is 15. The quantitative estimate of drug-likeness (QED) is 0.116. The van der Waals surface area contributed by atoms with Crippen molar-refractivity contribution < 1.29 is 53.0 Å². The fraction of sp³-hybridized carbons (Fsp3) is 0.634. The van der Waals surface area contributed by atoms with E-state index in [1.54, 1.807) is 47.7 Å². The van der Waals surface area contributed by atoms with Gasteiger partial charge in [-0.1, -0.05) is 137 Å². The number of aliphatic hydroxyl groups is 1. The minimum absolute atomic E-state index is 0.0134. The molecule has 6 rings (SSSR count). The number of pyridine rings is 1. The van der Waals surface area contributed by atoms with Gasteiger partial charge in [0.05, 0.1) is 5.60 Å². The van der Waals surface area contributed by atoms with Gasteiger partial charge < -0.3 is 55.2 Å². The van der Waals surface area contributed by atoms with Crippen molar-refractivity contribution in [2.45, 2.75) is 208 Å². The Bertz CT molecular complexity index is 3050. The van der Waals surface area contributed by atoms with Crippen LogP contribution in [0, 0.1) is 35.5 Å². The Kier molecular flexibility index (Phi) is 26.0. The summed E-state index contributed by atoms with van der Waals surface area (Å²) in [5, 5.41) is 20.7. The molecule has 0 saturated carbocycles. The smallest absolute Gasteiger partial charge is 0.332 e. The highest BCUT2D eigenvalue weighted by atomic mass is 16.6. The highest BCUT2D eigenvalue weighted by Gasteiger charge is 2.48. The van der Waals surface area contributed by atoms with Gasteiger partial charge in [-0.05, 0) is 116 Å². The Morgan fingerprint density at radius 1 is 0.598 bits per heavy atom. The van der Waals surface area contributed by atoms with Gasteiger partial charge in [-0.2, -0.15) is 0 Å². The van der Waals surface area contributed by atoms with Crippen LogP contribution >= 0.6 is 0 Å². The van der Waals surface area contributed by atoms with Crippen LogP contribution in [0.25, 0.3) is 11.1 Å². The number of likely N-dealkylation sites (N-methyl/N-ethyl adjacent to an activating group) is 4. The molecule has 3 aliphatic rings. The highest BCUT2D eigenvalue weighted by molar-refractivity contribution is 5.99. The van der Waals surface area contributed by atoms with Gasteiger partial charge in [0.1, 0.15) is 48.1 Å². The van der Waals surface area contributed by atoms with E-state index in [1.165, 1.54) is 61.6 Å². The summed E-state index contributed by atoms with van der Waals surface area (Å²) in [7, 11) is 5.71. The summed E-state index contributed by atoms with van der Waals surface area (Å²) in [4.78, 5) is 150. The molecule has 4 N–H and O–H groups in total. The number of aromatic nitrogens is 1. The topological polar surface area (TPSA) is 252 Å². The van der Waals surface area contributed by atoms with Crippen molar-refractivity contribution in [3.05, 3.63) is 84.1 Å². The molecular weight excluding hydrogens is 1170 g/mol. The number of carbonyl (C=O) groups is 9. The summed E-state index contributed by atoms with van der Waals surface area (Å²) in [5.74, 6) is -7.33. The molecule has 4 heterocycles. The van der Waals surface area contributed by atoms with Crippen molar-refractivity contribution in [3.63, 3.8) is 0 Å². The van der Waals surface area contributed by atoms with Crippen LogP contribution in [0.3, 0.4) is 0 Å². The molecular formula is C71H106N10O11. The molecule has 0 aliphatic carbocycles. The molecule has 11 atom stereocenters. The first-order valence-electron chi connectivity index (χ1n) is 33.4. The Hall–Kier alpha value is -7.42. The summed E-state index contributed by atoms with van der Waals surface area (Å²) in [6, 6.07) is 10.5. The maximum atomic E-state index is 15.9. The zero-order valence-electron chi connectivity index (χ0n) is 57.7. The second-order valence-corrected chi connectivity index (χ2v) is 28.0. The van der Waals surface area contributed by atoms with Gasteiger partial charge in [-0.3, -0.25) is 38.4 Å². The first kappa shape index (κ1) is 73.6. The van der Waals surface area contributed by atoms with Crippen LogP contribution in [0.5, 0.6) is 0 Å². The van der Waals surface area contributed by atoms with Crippen molar-refractivity contribution in [2.75, 3.05) is 52.7 Å². The number of nitrogens with zero attached hydrogens (tertiary/aromatic N) is 7. The summed E-state index contributed by atoms with van der Waals surface area (Å²) >= 11 is 0. The molecule has 21 heteroatoms. The van der Waals surface area contributed by atoms with E-state index in [0.29, 0.717) is 36.3 Å². The molecule has 0 spiro atoms. The van der Waals surface area contributed by atoms with Crippen LogP contribution in [-0.4, -0.2) is 196 Å². The lowest BCUT2D eigenvalue weighted by Crippen LogP contribution is -2.63. The minimum Gasteiger partial charge on any atom is -0.450 e. The number of nitrogens with one attached hydrogen (secondary N) is 3. The van der Waals surface area contributed by atoms with Crippen LogP contribution in [0.15, 0.2) is 72.9 Å². The molecule has 2 aromatic carbocycles. The number of piperidine rings is 1. The number of hydrogen-bond acceptors (Lipinski definition) is 13. The second-order valence-electron chi connectivity index (χ2n) is 28.0. The van der Waals surface area contributed by atoms with Gasteiger partial charge >= 0.3 is 5.97 Å². The molecule has 0 bridgehead atoms. The van der Waals surface area contributed by atoms with Crippen LogP contribution in [-0.2, 0) is 60.7 Å². The fourth-order valence-electron chi connectivity index (χ4n) is 13.2. The van der Waals surface area contributed by atoms with Gasteiger partial charge in [-0.25, -0.2) is 9.78 Å². The number of amides is 8. The molecule has 3 aromatic rings. The van der Waals surface area contributed by atoms with Crippen molar-refractivity contribution in [1.82, 2.24) is 45.4 Å². The number of cyclic esters (lactones) is 1. The first-order valence-corrected chi connectivity index (χ1v) is 33.4. The predicted octanol–water partition coefficient (Wildman–Crippen LogP) is 6.67. The lowest BCUT2D eigenvalue weighted by molar-refractivity contribution is -0.177. The van der Waals surface area contributed by atoms with Crippen molar-refractivity contribution in [2.24, 2.45) is 35.5 Å². The zero-order chi connectivity index (χ0) is 68.2. The van der Waals surface area contributed by atoms with E-state index in [2.05, 4.69) is 33.8 Å². The van der Waals surface area contributed by atoms with Crippen LogP contribution in [0.1, 0.15) is 146 Å². The van der Waals surface area contributed by atoms with Crippen molar-refractivity contribution in [1.29, 1.82) is 0 Å². The first-order chi connectivity index (χ1) is 43.3. The fourth-order valence-corrected chi connectivity index (χ4v) is 13.2. The predicted molar refractivity (Wildman–Crippen MR) is 355 cm³/mol. The summed E-state index contributed by atoms with van der Waals surface area (Å²) in [6.45, 7) is 24.7. The SMILES string of the molecule is CC[C@H](C)[C@@H]1NC(=O)[C@@H]2CCCN2C(=O)[C@H](Cc2cccc(-c3ccnc(N4CCC(C)CC4)c3)c2)N(C)C(=O)[C@H](Cc2ccccc2)NC(=O)[C@H](C(C)C)N(C)C(=O)[C@@H]([C@@H](C)CC)OC(=O)[C@H](C(C)(C)O)N(C)C(=O)[C@H](CC(C)C)NC(=O)[C@H](C(C)C)N(C)C1=O. The number of fused-ring (bicyclic) bond motifs is 1. The van der Waals surface area contributed by atoms with E-state index in [4.69, 9.17) is 9.72 Å². The van der Waals surface area contributed by atoms with Gasteiger partial charge in [0.25, 0.3) is 5.91 Å². The lowest BCUT2D eigenvalue weighted by Gasteiger charge is -2.39. The van der Waals surface area contributed by atoms with Crippen LogP contribution in [0.2, 0.25) is 0 Å². The number of esters is 1. The summed E-state index contributed by atoms with van der Waals surface area (Å²) < 4.78 is 6.15. The molecule has 8 amide bonds. The van der Waals surface area contributed by atoms with Gasteiger partial charge in [0.2, 0.25) is 41.4 Å². The molecule has 3 aliphatic heterocycles. The lowest BCUT2D eigenvalue weighted by atomic mass is 9.93. The Balaban J connectivity index is 1.52. The van der Waals surface area contributed by atoms with E-state index in [1.807, 2.05) is 88.4 Å². The van der Waals surface area contributed by atoms with Gasteiger partial charge in [-0.15, -0.1) is 0 Å². The highest BCUT2D eigenvalue weighted by Crippen LogP contribution is 2.31. The van der Waals surface area contributed by atoms with Crippen molar-refractivity contribution in [3.8, 4) is 11.1 Å².